The summed E-state index contributed by atoms with van der Waals surface area (Å²) in [5.41, 5.74) is 5.80. The molecule has 1 saturated heterocycles. The largest absolute Gasteiger partial charge is 0.381 e. The van der Waals surface area contributed by atoms with Crippen LogP contribution >= 0.6 is 0 Å². The number of hydrogen-bond acceptors (Lipinski definition) is 3. The van der Waals surface area contributed by atoms with Gasteiger partial charge in [-0.25, -0.2) is 0 Å². The molecule has 94 valence electrons. The zero-order valence-electron chi connectivity index (χ0n) is 10.8. The molecule has 0 bridgehead atoms. The number of carbonyl (C=O) groups excluding carboxylic acids is 1. The van der Waals surface area contributed by atoms with Gasteiger partial charge in [0, 0.05) is 26.3 Å². The maximum atomic E-state index is 12.1. The van der Waals surface area contributed by atoms with Crippen LogP contribution in [0.1, 0.15) is 33.6 Å². The van der Waals surface area contributed by atoms with Crippen molar-refractivity contribution >= 4 is 5.91 Å². The zero-order chi connectivity index (χ0) is 12.3. The summed E-state index contributed by atoms with van der Waals surface area (Å²) in [6.07, 6.45) is 1.83. The zero-order valence-corrected chi connectivity index (χ0v) is 10.8. The first-order chi connectivity index (χ1) is 7.34. The van der Waals surface area contributed by atoms with E-state index in [2.05, 4.69) is 0 Å². The van der Waals surface area contributed by atoms with Crippen molar-refractivity contribution in [3.05, 3.63) is 0 Å². The summed E-state index contributed by atoms with van der Waals surface area (Å²) >= 11 is 0. The number of ether oxygens (including phenoxy) is 1. The van der Waals surface area contributed by atoms with E-state index in [1.54, 1.807) is 4.90 Å². The van der Waals surface area contributed by atoms with Gasteiger partial charge in [-0.3, -0.25) is 4.79 Å². The molecule has 1 atom stereocenters. The van der Waals surface area contributed by atoms with Gasteiger partial charge in [0.1, 0.15) is 0 Å². The highest BCUT2D eigenvalue weighted by atomic mass is 16.5. The number of hydrogen-bond donors (Lipinski definition) is 1. The fourth-order valence-corrected chi connectivity index (χ4v) is 1.84. The quantitative estimate of drug-likeness (QED) is 0.767. The molecule has 1 aliphatic rings. The lowest BCUT2D eigenvalue weighted by Gasteiger charge is -2.36. The normalized spacial score (nSPS) is 20.6. The average Bonchev–Trinajstić information content (AvgIpc) is 2.26. The number of likely N-dealkylation sites (N-methyl/N-ethyl adjacent to an activating group) is 1. The summed E-state index contributed by atoms with van der Waals surface area (Å²) in [4.78, 5) is 14.0. The standard InChI is InChI=1S/C12H24N2O2/c1-12(2,3)10(13)11(15)14(4)9-5-7-16-8-6-9/h9-10H,5-8,13H2,1-4H3/t10-/m0/s1. The molecule has 1 fully saturated rings. The van der Waals surface area contributed by atoms with Gasteiger partial charge < -0.3 is 15.4 Å². The predicted octanol–water partition coefficient (Wildman–Crippen LogP) is 0.997. The van der Waals surface area contributed by atoms with Crippen molar-refractivity contribution in [2.24, 2.45) is 11.1 Å². The molecule has 0 aliphatic carbocycles. The van der Waals surface area contributed by atoms with Crippen molar-refractivity contribution in [2.45, 2.75) is 45.7 Å². The molecule has 0 unspecified atom stereocenters. The van der Waals surface area contributed by atoms with E-state index in [0.29, 0.717) is 0 Å². The first-order valence-electron chi connectivity index (χ1n) is 5.94. The van der Waals surface area contributed by atoms with Crippen LogP contribution in [0.3, 0.4) is 0 Å². The highest BCUT2D eigenvalue weighted by Gasteiger charge is 2.32. The Hall–Kier alpha value is -0.610. The van der Waals surface area contributed by atoms with Crippen LogP contribution in [0.2, 0.25) is 0 Å². The molecule has 4 nitrogen and oxygen atoms in total. The average molecular weight is 228 g/mol. The van der Waals surface area contributed by atoms with Gasteiger partial charge in [-0.15, -0.1) is 0 Å². The van der Waals surface area contributed by atoms with Crippen LogP contribution < -0.4 is 5.73 Å². The van der Waals surface area contributed by atoms with Crippen LogP contribution in [-0.4, -0.2) is 43.2 Å². The third-order valence-electron chi connectivity index (χ3n) is 3.29. The van der Waals surface area contributed by atoms with E-state index in [0.717, 1.165) is 26.1 Å². The first kappa shape index (κ1) is 13.5. The van der Waals surface area contributed by atoms with Crippen molar-refractivity contribution in [3.8, 4) is 0 Å². The van der Waals surface area contributed by atoms with E-state index in [-0.39, 0.29) is 17.4 Å². The summed E-state index contributed by atoms with van der Waals surface area (Å²) in [5.74, 6) is 0.0411. The van der Waals surface area contributed by atoms with Gasteiger partial charge in [0.25, 0.3) is 0 Å². The van der Waals surface area contributed by atoms with Gasteiger partial charge in [0.15, 0.2) is 0 Å². The summed E-state index contributed by atoms with van der Waals surface area (Å²) in [7, 11) is 1.85. The molecule has 0 saturated carbocycles. The van der Waals surface area contributed by atoms with Gasteiger partial charge in [0.2, 0.25) is 5.91 Å². The summed E-state index contributed by atoms with van der Waals surface area (Å²) in [5, 5.41) is 0. The molecule has 16 heavy (non-hydrogen) atoms. The third-order valence-corrected chi connectivity index (χ3v) is 3.29. The molecule has 0 aromatic rings. The van der Waals surface area contributed by atoms with Crippen molar-refractivity contribution in [2.75, 3.05) is 20.3 Å². The highest BCUT2D eigenvalue weighted by Crippen LogP contribution is 2.21. The fraction of sp³-hybridized carbons (Fsp3) is 0.917. The molecular weight excluding hydrogens is 204 g/mol. The van der Waals surface area contributed by atoms with E-state index in [4.69, 9.17) is 10.5 Å². The smallest absolute Gasteiger partial charge is 0.240 e. The molecule has 0 aromatic heterocycles. The Bertz CT molecular complexity index is 242. The molecule has 0 spiro atoms. The van der Waals surface area contributed by atoms with Crippen LogP contribution in [0.4, 0.5) is 0 Å². The summed E-state index contributed by atoms with van der Waals surface area (Å²) in [6, 6.07) is -0.144. The second-order valence-electron chi connectivity index (χ2n) is 5.64. The summed E-state index contributed by atoms with van der Waals surface area (Å²) in [6.45, 7) is 7.47. The van der Waals surface area contributed by atoms with Gasteiger partial charge in [-0.1, -0.05) is 20.8 Å². The van der Waals surface area contributed by atoms with Crippen LogP contribution in [0.15, 0.2) is 0 Å². The monoisotopic (exact) mass is 228 g/mol. The van der Waals surface area contributed by atoms with Crippen LogP contribution in [0.5, 0.6) is 0 Å². The Morgan fingerprint density at radius 3 is 2.31 bits per heavy atom. The lowest BCUT2D eigenvalue weighted by Crippen LogP contribution is -2.52. The molecule has 1 aliphatic heterocycles. The predicted molar refractivity (Wildman–Crippen MR) is 64.0 cm³/mol. The van der Waals surface area contributed by atoms with Crippen LogP contribution in [0, 0.1) is 5.41 Å². The third kappa shape index (κ3) is 3.19. The van der Waals surface area contributed by atoms with Gasteiger partial charge in [-0.05, 0) is 18.3 Å². The Labute approximate surface area is 98.1 Å². The lowest BCUT2D eigenvalue weighted by molar-refractivity contribution is -0.137. The van der Waals surface area contributed by atoms with Crippen LogP contribution in [0.25, 0.3) is 0 Å². The van der Waals surface area contributed by atoms with E-state index in [1.807, 2.05) is 27.8 Å². The van der Waals surface area contributed by atoms with E-state index < -0.39 is 6.04 Å². The van der Waals surface area contributed by atoms with Gasteiger partial charge in [0.05, 0.1) is 6.04 Å². The molecule has 1 heterocycles. The molecular formula is C12H24N2O2. The molecule has 1 rings (SSSR count). The number of nitrogens with zero attached hydrogens (tertiary/aromatic N) is 1. The second-order valence-corrected chi connectivity index (χ2v) is 5.64. The Balaban J connectivity index is 2.58. The number of carbonyl (C=O) groups is 1. The van der Waals surface area contributed by atoms with E-state index in [1.165, 1.54) is 0 Å². The van der Waals surface area contributed by atoms with E-state index >= 15 is 0 Å². The molecule has 1 amide bonds. The van der Waals surface area contributed by atoms with Gasteiger partial charge >= 0.3 is 0 Å². The van der Waals surface area contributed by atoms with E-state index in [9.17, 15) is 4.79 Å². The SMILES string of the molecule is CN(C(=O)[C@H](N)C(C)(C)C)C1CCOCC1. The lowest BCUT2D eigenvalue weighted by atomic mass is 9.86. The number of nitrogens with two attached hydrogens (primary N) is 1. The molecule has 2 N–H and O–H groups in total. The minimum atomic E-state index is -0.430. The molecule has 0 aromatic carbocycles. The minimum Gasteiger partial charge on any atom is -0.381 e. The minimum absolute atomic E-state index is 0.0411. The Morgan fingerprint density at radius 1 is 1.38 bits per heavy atom. The highest BCUT2D eigenvalue weighted by molar-refractivity contribution is 5.82. The van der Waals surface area contributed by atoms with Crippen molar-refractivity contribution < 1.29 is 9.53 Å². The van der Waals surface area contributed by atoms with Crippen molar-refractivity contribution in [3.63, 3.8) is 0 Å². The summed E-state index contributed by atoms with van der Waals surface area (Å²) < 4.78 is 5.29. The Morgan fingerprint density at radius 2 is 1.88 bits per heavy atom. The van der Waals surface area contributed by atoms with Gasteiger partial charge in [-0.2, -0.15) is 0 Å². The topological polar surface area (TPSA) is 55.6 Å². The number of amides is 1. The number of rotatable bonds is 2. The molecule has 4 heteroatoms. The molecule has 0 radical (unpaired) electrons. The maximum absolute atomic E-state index is 12.1. The van der Waals surface area contributed by atoms with Crippen LogP contribution in [-0.2, 0) is 9.53 Å². The van der Waals surface area contributed by atoms with Crippen molar-refractivity contribution in [1.82, 2.24) is 4.90 Å². The maximum Gasteiger partial charge on any atom is 0.240 e. The Kier molecular flexibility index (Phi) is 4.33. The fourth-order valence-electron chi connectivity index (χ4n) is 1.84. The van der Waals surface area contributed by atoms with Crippen molar-refractivity contribution in [1.29, 1.82) is 0 Å². The second kappa shape index (κ2) is 5.15. The first-order valence-corrected chi connectivity index (χ1v) is 5.94.